The highest BCUT2D eigenvalue weighted by Crippen LogP contribution is 2.17. The van der Waals surface area contributed by atoms with Crippen molar-refractivity contribution in [3.63, 3.8) is 0 Å². The summed E-state index contributed by atoms with van der Waals surface area (Å²) < 4.78 is 13.1. The van der Waals surface area contributed by atoms with E-state index in [1.54, 1.807) is 42.3 Å². The van der Waals surface area contributed by atoms with Crippen molar-refractivity contribution in [2.24, 2.45) is 0 Å². The van der Waals surface area contributed by atoms with Gasteiger partial charge < -0.3 is 14.8 Å². The molecule has 3 rings (SSSR count). The van der Waals surface area contributed by atoms with E-state index in [0.29, 0.717) is 24.5 Å². The number of methoxy groups -OCH3 is 1. The highest BCUT2D eigenvalue weighted by atomic mass is 79.9. The van der Waals surface area contributed by atoms with E-state index in [1.807, 2.05) is 30.5 Å². The molecule has 1 aromatic heterocycles. The molecule has 1 N–H and O–H groups in total. The monoisotopic (exact) mass is 415 g/mol. The molecule has 0 saturated heterocycles. The molecule has 0 bridgehead atoms. The minimum Gasteiger partial charge on any atom is -0.491 e. The predicted octanol–water partition coefficient (Wildman–Crippen LogP) is 3.91. The summed E-state index contributed by atoms with van der Waals surface area (Å²) in [4.78, 5) is 12.4. The van der Waals surface area contributed by atoms with Gasteiger partial charge in [-0.05, 0) is 64.5 Å². The molecule has 0 aliphatic heterocycles. The predicted molar refractivity (Wildman–Crippen MR) is 103 cm³/mol. The fourth-order valence-corrected chi connectivity index (χ4v) is 2.57. The van der Waals surface area contributed by atoms with Crippen LogP contribution in [0.1, 0.15) is 10.4 Å². The maximum absolute atomic E-state index is 12.4. The summed E-state index contributed by atoms with van der Waals surface area (Å²) in [5, 5.41) is 7.08. The first-order valence-corrected chi connectivity index (χ1v) is 8.79. The Bertz CT molecular complexity index is 860. The van der Waals surface area contributed by atoms with Gasteiger partial charge in [0.15, 0.2) is 0 Å². The van der Waals surface area contributed by atoms with Crippen LogP contribution in [0.2, 0.25) is 0 Å². The van der Waals surface area contributed by atoms with Crippen LogP contribution in [0.3, 0.4) is 0 Å². The fourth-order valence-electron chi connectivity index (χ4n) is 2.29. The second-order valence-corrected chi connectivity index (χ2v) is 6.39. The van der Waals surface area contributed by atoms with Crippen molar-refractivity contribution >= 4 is 27.5 Å². The molecule has 7 heteroatoms. The lowest BCUT2D eigenvalue weighted by Crippen LogP contribution is -2.12. The molecule has 0 fully saturated rings. The SMILES string of the molecule is COCCOc1ccc(NC(=O)c2ccc(-n3cc(Br)cn3)cc2)cc1. The molecule has 6 nitrogen and oxygen atoms in total. The van der Waals surface area contributed by atoms with Crippen LogP contribution in [0.4, 0.5) is 5.69 Å². The maximum atomic E-state index is 12.4. The Morgan fingerprint density at radius 3 is 2.46 bits per heavy atom. The second kappa shape index (κ2) is 8.64. The van der Waals surface area contributed by atoms with Crippen LogP contribution in [-0.4, -0.2) is 36.0 Å². The third-order valence-corrected chi connectivity index (χ3v) is 4.02. The van der Waals surface area contributed by atoms with E-state index in [0.717, 1.165) is 15.9 Å². The lowest BCUT2D eigenvalue weighted by atomic mass is 10.2. The first-order chi connectivity index (χ1) is 12.7. The van der Waals surface area contributed by atoms with Gasteiger partial charge in [-0.25, -0.2) is 4.68 Å². The van der Waals surface area contributed by atoms with Gasteiger partial charge in [-0.15, -0.1) is 0 Å². The highest BCUT2D eigenvalue weighted by Gasteiger charge is 2.07. The van der Waals surface area contributed by atoms with Crippen molar-refractivity contribution in [1.29, 1.82) is 0 Å². The topological polar surface area (TPSA) is 65.4 Å². The van der Waals surface area contributed by atoms with E-state index in [9.17, 15) is 4.79 Å². The summed E-state index contributed by atoms with van der Waals surface area (Å²) >= 11 is 3.36. The smallest absolute Gasteiger partial charge is 0.255 e. The first kappa shape index (κ1) is 18.2. The molecular weight excluding hydrogens is 398 g/mol. The van der Waals surface area contributed by atoms with Crippen LogP contribution in [0.25, 0.3) is 5.69 Å². The van der Waals surface area contributed by atoms with Crippen LogP contribution in [0.5, 0.6) is 5.75 Å². The minimum absolute atomic E-state index is 0.175. The zero-order valence-corrected chi connectivity index (χ0v) is 15.8. The Labute approximate surface area is 159 Å². The molecule has 3 aromatic rings. The molecule has 0 aliphatic rings. The standard InChI is InChI=1S/C19H18BrN3O3/c1-25-10-11-26-18-8-4-16(5-9-18)22-19(24)14-2-6-17(7-3-14)23-13-15(20)12-21-23/h2-9,12-13H,10-11H2,1H3,(H,22,24). The van der Waals surface area contributed by atoms with Gasteiger partial charge in [-0.3, -0.25) is 4.79 Å². The van der Waals surface area contributed by atoms with Crippen LogP contribution < -0.4 is 10.1 Å². The Hall–Kier alpha value is -2.64. The molecule has 0 unspecified atom stereocenters. The average molecular weight is 416 g/mol. The number of nitrogens with one attached hydrogen (secondary N) is 1. The summed E-state index contributed by atoms with van der Waals surface area (Å²) in [6, 6.07) is 14.5. The summed E-state index contributed by atoms with van der Waals surface area (Å²) in [7, 11) is 1.63. The van der Waals surface area contributed by atoms with Crippen LogP contribution >= 0.6 is 15.9 Å². The number of hydrogen-bond donors (Lipinski definition) is 1. The van der Waals surface area contributed by atoms with E-state index in [2.05, 4.69) is 26.3 Å². The number of rotatable bonds is 7. The first-order valence-electron chi connectivity index (χ1n) is 7.99. The van der Waals surface area contributed by atoms with Crippen molar-refractivity contribution in [2.45, 2.75) is 0 Å². The van der Waals surface area contributed by atoms with Gasteiger partial charge in [-0.1, -0.05) is 0 Å². The highest BCUT2D eigenvalue weighted by molar-refractivity contribution is 9.10. The Morgan fingerprint density at radius 1 is 1.12 bits per heavy atom. The average Bonchev–Trinajstić information content (AvgIpc) is 3.10. The van der Waals surface area contributed by atoms with E-state index in [4.69, 9.17) is 9.47 Å². The third kappa shape index (κ3) is 4.71. The number of anilines is 1. The molecule has 26 heavy (non-hydrogen) atoms. The van der Waals surface area contributed by atoms with Crippen molar-refractivity contribution in [2.75, 3.05) is 25.6 Å². The third-order valence-electron chi connectivity index (χ3n) is 3.61. The number of carbonyl (C=O) groups is 1. The van der Waals surface area contributed by atoms with Gasteiger partial charge in [0.05, 0.1) is 23.0 Å². The zero-order chi connectivity index (χ0) is 18.4. The van der Waals surface area contributed by atoms with E-state index in [-0.39, 0.29) is 5.91 Å². The molecule has 0 spiro atoms. The van der Waals surface area contributed by atoms with Gasteiger partial charge in [0.1, 0.15) is 12.4 Å². The Kier molecular flexibility index (Phi) is 6.04. The van der Waals surface area contributed by atoms with Crippen molar-refractivity contribution in [1.82, 2.24) is 9.78 Å². The maximum Gasteiger partial charge on any atom is 0.255 e. The molecule has 1 amide bonds. The van der Waals surface area contributed by atoms with Gasteiger partial charge in [0, 0.05) is 24.6 Å². The van der Waals surface area contributed by atoms with Crippen molar-refractivity contribution in [3.8, 4) is 11.4 Å². The van der Waals surface area contributed by atoms with Crippen LogP contribution in [-0.2, 0) is 4.74 Å². The van der Waals surface area contributed by atoms with Gasteiger partial charge in [0.2, 0.25) is 0 Å². The zero-order valence-electron chi connectivity index (χ0n) is 14.2. The van der Waals surface area contributed by atoms with Gasteiger partial charge in [-0.2, -0.15) is 5.10 Å². The van der Waals surface area contributed by atoms with Crippen molar-refractivity contribution in [3.05, 3.63) is 71.0 Å². The lowest BCUT2D eigenvalue weighted by molar-refractivity contribution is 0.102. The summed E-state index contributed by atoms with van der Waals surface area (Å²) in [5.41, 5.74) is 2.15. The lowest BCUT2D eigenvalue weighted by Gasteiger charge is -2.08. The summed E-state index contributed by atoms with van der Waals surface area (Å²) in [6.45, 7) is 1.02. The number of carbonyl (C=O) groups excluding carboxylic acids is 1. The molecule has 0 aliphatic carbocycles. The number of nitrogens with zero attached hydrogens (tertiary/aromatic N) is 2. The van der Waals surface area contributed by atoms with E-state index < -0.39 is 0 Å². The number of amides is 1. The molecule has 1 heterocycles. The minimum atomic E-state index is -0.175. The summed E-state index contributed by atoms with van der Waals surface area (Å²) in [5.74, 6) is 0.557. The number of aromatic nitrogens is 2. The fraction of sp³-hybridized carbons (Fsp3) is 0.158. The molecule has 0 saturated carbocycles. The van der Waals surface area contributed by atoms with Crippen LogP contribution in [0, 0.1) is 0 Å². The van der Waals surface area contributed by atoms with Crippen LogP contribution in [0.15, 0.2) is 65.4 Å². The Morgan fingerprint density at radius 2 is 1.85 bits per heavy atom. The number of halogens is 1. The van der Waals surface area contributed by atoms with E-state index >= 15 is 0 Å². The Balaban J connectivity index is 1.60. The normalized spacial score (nSPS) is 10.5. The number of benzene rings is 2. The molecule has 0 radical (unpaired) electrons. The number of hydrogen-bond acceptors (Lipinski definition) is 4. The van der Waals surface area contributed by atoms with Crippen molar-refractivity contribution < 1.29 is 14.3 Å². The molecule has 134 valence electrons. The summed E-state index contributed by atoms with van der Waals surface area (Å²) in [6.07, 6.45) is 3.56. The molecule has 2 aromatic carbocycles. The second-order valence-electron chi connectivity index (χ2n) is 5.47. The van der Waals surface area contributed by atoms with Gasteiger partial charge in [0.25, 0.3) is 5.91 Å². The quantitative estimate of drug-likeness (QED) is 0.594. The number of ether oxygens (including phenoxy) is 2. The van der Waals surface area contributed by atoms with Gasteiger partial charge >= 0.3 is 0 Å². The van der Waals surface area contributed by atoms with E-state index in [1.165, 1.54) is 0 Å². The largest absolute Gasteiger partial charge is 0.491 e. The molecular formula is C19H18BrN3O3. The molecule has 0 atom stereocenters.